The van der Waals surface area contributed by atoms with Gasteiger partial charge in [0.15, 0.2) is 0 Å². The van der Waals surface area contributed by atoms with Crippen LogP contribution >= 0.6 is 0 Å². The van der Waals surface area contributed by atoms with E-state index in [-0.39, 0.29) is 30.2 Å². The number of nitrogens with one attached hydrogen (secondary N) is 1. The van der Waals surface area contributed by atoms with E-state index in [4.69, 9.17) is 0 Å². The van der Waals surface area contributed by atoms with Crippen LogP contribution < -0.4 is 5.32 Å². The van der Waals surface area contributed by atoms with Gasteiger partial charge in [-0.1, -0.05) is 12.1 Å². The number of halogens is 1. The summed E-state index contributed by atoms with van der Waals surface area (Å²) in [4.78, 5) is 28.7. The summed E-state index contributed by atoms with van der Waals surface area (Å²) >= 11 is 0. The molecule has 1 N–H and O–H groups in total. The van der Waals surface area contributed by atoms with Gasteiger partial charge in [0.2, 0.25) is 5.91 Å². The Labute approximate surface area is 148 Å². The van der Waals surface area contributed by atoms with Crippen molar-refractivity contribution >= 4 is 11.9 Å². The van der Waals surface area contributed by atoms with Crippen LogP contribution in [0.2, 0.25) is 0 Å². The molecule has 2 saturated heterocycles. The van der Waals surface area contributed by atoms with E-state index in [1.165, 1.54) is 12.1 Å². The quantitative estimate of drug-likeness (QED) is 0.914. The fourth-order valence-corrected chi connectivity index (χ4v) is 3.65. The van der Waals surface area contributed by atoms with Crippen molar-refractivity contribution in [3.05, 3.63) is 35.6 Å². The molecule has 6 heteroatoms. The summed E-state index contributed by atoms with van der Waals surface area (Å²) < 4.78 is 13.2. The Morgan fingerprint density at radius 3 is 2.56 bits per heavy atom. The van der Waals surface area contributed by atoms with E-state index >= 15 is 0 Å². The summed E-state index contributed by atoms with van der Waals surface area (Å²) in [6, 6.07) is 6.18. The van der Waals surface area contributed by atoms with Crippen molar-refractivity contribution < 1.29 is 14.0 Å². The molecule has 1 aromatic carbocycles. The van der Waals surface area contributed by atoms with Gasteiger partial charge in [0.05, 0.1) is 6.42 Å². The molecule has 2 aliphatic heterocycles. The number of rotatable bonds is 3. The van der Waals surface area contributed by atoms with Gasteiger partial charge in [-0.15, -0.1) is 0 Å². The van der Waals surface area contributed by atoms with E-state index in [1.54, 1.807) is 12.1 Å². The average molecular weight is 347 g/mol. The second-order valence-corrected chi connectivity index (χ2v) is 6.99. The first-order valence-corrected chi connectivity index (χ1v) is 9.19. The van der Waals surface area contributed by atoms with Crippen LogP contribution in [-0.2, 0) is 11.2 Å². The van der Waals surface area contributed by atoms with Crippen molar-refractivity contribution in [2.45, 2.75) is 44.6 Å². The second kappa shape index (κ2) is 8.32. The zero-order chi connectivity index (χ0) is 17.6. The number of hydrogen-bond acceptors (Lipinski definition) is 2. The van der Waals surface area contributed by atoms with Crippen molar-refractivity contribution in [3.8, 4) is 0 Å². The lowest BCUT2D eigenvalue weighted by molar-refractivity contribution is -0.121. The predicted molar refractivity (Wildman–Crippen MR) is 93.7 cm³/mol. The molecule has 0 radical (unpaired) electrons. The van der Waals surface area contributed by atoms with Crippen LogP contribution in [0.5, 0.6) is 0 Å². The Morgan fingerprint density at radius 2 is 1.80 bits per heavy atom. The highest BCUT2D eigenvalue weighted by Crippen LogP contribution is 2.16. The molecular formula is C19H26FN3O2. The van der Waals surface area contributed by atoms with E-state index in [1.807, 2.05) is 9.80 Å². The number of amides is 3. The molecule has 2 aliphatic rings. The molecular weight excluding hydrogens is 321 g/mol. The smallest absolute Gasteiger partial charge is 0.320 e. The van der Waals surface area contributed by atoms with Gasteiger partial charge in [-0.2, -0.15) is 0 Å². The van der Waals surface area contributed by atoms with Crippen molar-refractivity contribution in [2.24, 2.45) is 0 Å². The molecule has 0 aliphatic carbocycles. The Morgan fingerprint density at radius 1 is 1.08 bits per heavy atom. The SMILES string of the molecule is O=C(Cc1cccc(F)c1)NC1CCCCN(C(=O)N2CCCC2)C1. The van der Waals surface area contributed by atoms with Gasteiger partial charge in [-0.3, -0.25) is 4.79 Å². The Bertz CT molecular complexity index is 616. The fourth-order valence-electron chi connectivity index (χ4n) is 3.65. The molecule has 1 atom stereocenters. The third-order valence-electron chi connectivity index (χ3n) is 4.94. The molecule has 3 rings (SSSR count). The maximum atomic E-state index is 13.2. The molecule has 1 unspecified atom stereocenters. The van der Waals surface area contributed by atoms with Gasteiger partial charge in [-0.25, -0.2) is 9.18 Å². The first kappa shape index (κ1) is 17.7. The minimum absolute atomic E-state index is 0.0323. The lowest BCUT2D eigenvalue weighted by Crippen LogP contribution is -2.48. The fraction of sp³-hybridized carbons (Fsp3) is 0.579. The van der Waals surface area contributed by atoms with Crippen LogP contribution in [0.3, 0.4) is 0 Å². The highest BCUT2D eigenvalue weighted by molar-refractivity contribution is 5.79. The zero-order valence-corrected chi connectivity index (χ0v) is 14.5. The van der Waals surface area contributed by atoms with Crippen molar-refractivity contribution in [1.82, 2.24) is 15.1 Å². The van der Waals surface area contributed by atoms with Crippen LogP contribution in [0.15, 0.2) is 24.3 Å². The molecule has 0 bridgehead atoms. The summed E-state index contributed by atoms with van der Waals surface area (Å²) in [5.41, 5.74) is 0.663. The maximum Gasteiger partial charge on any atom is 0.320 e. The van der Waals surface area contributed by atoms with Crippen molar-refractivity contribution in [2.75, 3.05) is 26.2 Å². The summed E-state index contributed by atoms with van der Waals surface area (Å²) in [7, 11) is 0. The molecule has 5 nitrogen and oxygen atoms in total. The third kappa shape index (κ3) is 4.94. The van der Waals surface area contributed by atoms with Crippen LogP contribution in [0.1, 0.15) is 37.7 Å². The number of urea groups is 1. The summed E-state index contributed by atoms with van der Waals surface area (Å²) in [5, 5.41) is 3.03. The van der Waals surface area contributed by atoms with Crippen molar-refractivity contribution in [3.63, 3.8) is 0 Å². The van der Waals surface area contributed by atoms with Gasteiger partial charge < -0.3 is 15.1 Å². The largest absolute Gasteiger partial charge is 0.351 e. The normalized spacial score (nSPS) is 21.1. The van der Waals surface area contributed by atoms with Gasteiger partial charge >= 0.3 is 6.03 Å². The van der Waals surface area contributed by atoms with Crippen LogP contribution in [0.25, 0.3) is 0 Å². The third-order valence-corrected chi connectivity index (χ3v) is 4.94. The van der Waals surface area contributed by atoms with Crippen LogP contribution in [0, 0.1) is 5.82 Å². The number of nitrogens with zero attached hydrogens (tertiary/aromatic N) is 2. The minimum atomic E-state index is -0.331. The topological polar surface area (TPSA) is 52.7 Å². The standard InChI is InChI=1S/C19H26FN3O2/c20-16-7-5-6-15(12-16)13-18(24)21-17-8-1-2-11-23(14-17)19(25)22-9-3-4-10-22/h5-7,12,17H,1-4,8-11,13-14H2,(H,21,24). The summed E-state index contributed by atoms with van der Waals surface area (Å²) in [6.07, 6.45) is 5.15. The van der Waals surface area contributed by atoms with Gasteiger partial charge in [0.1, 0.15) is 5.82 Å². The first-order valence-electron chi connectivity index (χ1n) is 9.19. The van der Waals surface area contributed by atoms with Gasteiger partial charge in [-0.05, 0) is 49.8 Å². The minimum Gasteiger partial charge on any atom is -0.351 e. The number of benzene rings is 1. The van der Waals surface area contributed by atoms with Gasteiger partial charge in [0.25, 0.3) is 0 Å². The molecule has 25 heavy (non-hydrogen) atoms. The Hall–Kier alpha value is -2.11. The Kier molecular flexibility index (Phi) is 5.89. The molecule has 0 spiro atoms. The lowest BCUT2D eigenvalue weighted by Gasteiger charge is -2.29. The molecule has 136 valence electrons. The first-order chi connectivity index (χ1) is 12.1. The zero-order valence-electron chi connectivity index (χ0n) is 14.5. The van der Waals surface area contributed by atoms with Gasteiger partial charge in [0, 0.05) is 32.2 Å². The van der Waals surface area contributed by atoms with Crippen LogP contribution in [0.4, 0.5) is 9.18 Å². The van der Waals surface area contributed by atoms with E-state index in [9.17, 15) is 14.0 Å². The average Bonchev–Trinajstić information content (AvgIpc) is 3.01. The molecule has 0 saturated carbocycles. The number of hydrogen-bond donors (Lipinski definition) is 1. The molecule has 3 amide bonds. The number of carbonyl (C=O) groups excluding carboxylic acids is 2. The molecule has 2 fully saturated rings. The lowest BCUT2D eigenvalue weighted by atomic mass is 10.1. The van der Waals surface area contributed by atoms with E-state index < -0.39 is 0 Å². The van der Waals surface area contributed by atoms with Crippen LogP contribution in [-0.4, -0.2) is 54.0 Å². The molecule has 0 aromatic heterocycles. The highest BCUT2D eigenvalue weighted by atomic mass is 19.1. The molecule has 2 heterocycles. The Balaban J connectivity index is 1.55. The van der Waals surface area contributed by atoms with E-state index in [0.29, 0.717) is 12.1 Å². The summed E-state index contributed by atoms with van der Waals surface area (Å²) in [5.74, 6) is -0.451. The van der Waals surface area contributed by atoms with Crippen molar-refractivity contribution in [1.29, 1.82) is 0 Å². The predicted octanol–water partition coefficient (Wildman–Crippen LogP) is 2.55. The monoisotopic (exact) mass is 347 g/mol. The second-order valence-electron chi connectivity index (χ2n) is 6.99. The maximum absolute atomic E-state index is 13.2. The highest BCUT2D eigenvalue weighted by Gasteiger charge is 2.27. The van der Waals surface area contributed by atoms with E-state index in [0.717, 1.165) is 51.7 Å². The molecule has 1 aromatic rings. The number of carbonyl (C=O) groups is 2. The number of likely N-dealkylation sites (tertiary alicyclic amines) is 2. The summed E-state index contributed by atoms with van der Waals surface area (Å²) in [6.45, 7) is 2.99. The van der Waals surface area contributed by atoms with E-state index in [2.05, 4.69) is 5.32 Å².